The van der Waals surface area contributed by atoms with E-state index in [0.717, 1.165) is 11.4 Å². The van der Waals surface area contributed by atoms with Crippen molar-refractivity contribution in [2.24, 2.45) is 0 Å². The number of carbonyl (C=O) groups is 2. The molecule has 3 rings (SSSR count). The van der Waals surface area contributed by atoms with E-state index in [1.165, 1.54) is 5.56 Å². The van der Waals surface area contributed by atoms with Crippen molar-refractivity contribution in [2.45, 2.75) is 6.54 Å². The fourth-order valence-corrected chi connectivity index (χ4v) is 2.99. The molecule has 0 radical (unpaired) electrons. The molecule has 0 heterocycles. The normalized spacial score (nSPS) is 11.5. The first-order valence-corrected chi connectivity index (χ1v) is 9.22. The van der Waals surface area contributed by atoms with E-state index in [1.807, 2.05) is 67.7 Å². The van der Waals surface area contributed by atoms with Crippen molar-refractivity contribution in [3.63, 3.8) is 0 Å². The van der Waals surface area contributed by atoms with Crippen LogP contribution in [0.15, 0.2) is 84.9 Å². The Labute approximate surface area is 165 Å². The van der Waals surface area contributed by atoms with Gasteiger partial charge < -0.3 is 15.5 Å². The monoisotopic (exact) mass is 374 g/mol. The number of hydrogen-bond donors (Lipinski definition) is 3. The van der Waals surface area contributed by atoms with Gasteiger partial charge in [0.05, 0.1) is 18.3 Å². The number of amides is 2. The van der Waals surface area contributed by atoms with E-state index in [9.17, 15) is 9.59 Å². The molecule has 0 saturated heterocycles. The Hall–Kier alpha value is -3.44. The number of anilines is 2. The molecule has 0 saturated carbocycles. The van der Waals surface area contributed by atoms with E-state index >= 15 is 0 Å². The molecule has 0 aliphatic rings. The van der Waals surface area contributed by atoms with E-state index in [1.54, 1.807) is 24.3 Å². The van der Waals surface area contributed by atoms with Crippen molar-refractivity contribution in [1.29, 1.82) is 0 Å². The zero-order chi connectivity index (χ0) is 19.8. The lowest BCUT2D eigenvalue weighted by atomic mass is 10.1. The van der Waals surface area contributed by atoms with Crippen molar-refractivity contribution in [3.8, 4) is 0 Å². The summed E-state index contributed by atoms with van der Waals surface area (Å²) in [6, 6.07) is 26.3. The second kappa shape index (κ2) is 9.48. The molecular formula is C23H24N3O2+. The van der Waals surface area contributed by atoms with Crippen LogP contribution in [0, 0.1) is 0 Å². The summed E-state index contributed by atoms with van der Waals surface area (Å²) in [5, 5.41) is 5.72. The number of likely N-dealkylation sites (N-methyl/N-ethyl adjacent to an activating group) is 1. The molecule has 2 amide bonds. The molecule has 142 valence electrons. The number of para-hydroxylation sites is 2. The van der Waals surface area contributed by atoms with Gasteiger partial charge >= 0.3 is 0 Å². The van der Waals surface area contributed by atoms with Crippen LogP contribution in [0.3, 0.4) is 0 Å². The zero-order valence-corrected chi connectivity index (χ0v) is 15.8. The Morgan fingerprint density at radius 2 is 1.39 bits per heavy atom. The van der Waals surface area contributed by atoms with Gasteiger partial charge in [0.25, 0.3) is 11.8 Å². The quantitative estimate of drug-likeness (QED) is 0.595. The molecule has 3 aromatic carbocycles. The predicted octanol–water partition coefficient (Wildman–Crippen LogP) is 2.59. The SMILES string of the molecule is C[NH+](CC(=O)Nc1ccccc1C(=O)Nc1ccccc1)Cc1ccccc1. The lowest BCUT2D eigenvalue weighted by molar-refractivity contribution is -0.885. The maximum atomic E-state index is 12.6. The fourth-order valence-electron chi connectivity index (χ4n) is 2.99. The largest absolute Gasteiger partial charge is 0.326 e. The highest BCUT2D eigenvalue weighted by atomic mass is 16.2. The van der Waals surface area contributed by atoms with Crippen molar-refractivity contribution < 1.29 is 14.5 Å². The summed E-state index contributed by atoms with van der Waals surface area (Å²) in [5.74, 6) is -0.388. The van der Waals surface area contributed by atoms with E-state index in [-0.39, 0.29) is 11.8 Å². The van der Waals surface area contributed by atoms with E-state index in [0.29, 0.717) is 23.5 Å². The van der Waals surface area contributed by atoms with Gasteiger partial charge in [-0.05, 0) is 24.3 Å². The number of hydrogen-bond acceptors (Lipinski definition) is 2. The van der Waals surface area contributed by atoms with Gasteiger partial charge in [-0.15, -0.1) is 0 Å². The standard InChI is InChI=1S/C23H23N3O2/c1-26(16-18-10-4-2-5-11-18)17-22(27)25-21-15-9-8-14-20(21)23(28)24-19-12-6-3-7-13-19/h2-15H,16-17H2,1H3,(H,24,28)(H,25,27)/p+1. The van der Waals surface area contributed by atoms with Crippen molar-refractivity contribution >= 4 is 23.2 Å². The zero-order valence-electron chi connectivity index (χ0n) is 15.8. The molecule has 0 aliphatic heterocycles. The Kier molecular flexibility index (Phi) is 6.54. The first-order chi connectivity index (χ1) is 13.6. The van der Waals surface area contributed by atoms with Crippen molar-refractivity contribution in [2.75, 3.05) is 24.2 Å². The number of carbonyl (C=O) groups excluding carboxylic acids is 2. The van der Waals surface area contributed by atoms with Crippen LogP contribution < -0.4 is 15.5 Å². The van der Waals surface area contributed by atoms with Gasteiger partial charge in [-0.1, -0.05) is 60.7 Å². The van der Waals surface area contributed by atoms with Crippen LogP contribution in [-0.4, -0.2) is 25.4 Å². The molecule has 0 spiro atoms. The Balaban J connectivity index is 1.62. The Bertz CT molecular complexity index is 927. The molecule has 1 atom stereocenters. The third kappa shape index (κ3) is 5.53. The first kappa shape index (κ1) is 19.3. The number of nitrogens with one attached hydrogen (secondary N) is 3. The molecule has 0 bridgehead atoms. The van der Waals surface area contributed by atoms with Crippen molar-refractivity contribution in [3.05, 3.63) is 96.1 Å². The minimum atomic E-state index is -0.257. The number of rotatable bonds is 7. The Morgan fingerprint density at radius 1 is 0.786 bits per heavy atom. The van der Waals surface area contributed by atoms with Crippen molar-refractivity contribution in [1.82, 2.24) is 0 Å². The molecule has 0 aromatic heterocycles. The van der Waals surface area contributed by atoms with Gasteiger partial charge in [0.1, 0.15) is 6.54 Å². The molecule has 5 heteroatoms. The van der Waals surface area contributed by atoms with Gasteiger partial charge in [-0.25, -0.2) is 0 Å². The maximum absolute atomic E-state index is 12.6. The third-order valence-electron chi connectivity index (χ3n) is 4.29. The average molecular weight is 374 g/mol. The van der Waals surface area contributed by atoms with Crippen LogP contribution in [0.5, 0.6) is 0 Å². The summed E-state index contributed by atoms with van der Waals surface area (Å²) < 4.78 is 0. The summed E-state index contributed by atoms with van der Waals surface area (Å²) in [4.78, 5) is 26.2. The van der Waals surface area contributed by atoms with E-state index in [4.69, 9.17) is 0 Å². The molecule has 0 fully saturated rings. The van der Waals surface area contributed by atoms with Gasteiger partial charge in [0.2, 0.25) is 0 Å². The van der Waals surface area contributed by atoms with Crippen LogP contribution in [0.2, 0.25) is 0 Å². The maximum Gasteiger partial charge on any atom is 0.279 e. The van der Waals surface area contributed by atoms with Crippen LogP contribution in [0.1, 0.15) is 15.9 Å². The van der Waals surface area contributed by atoms with Crippen LogP contribution in [0.25, 0.3) is 0 Å². The number of quaternary nitrogens is 1. The van der Waals surface area contributed by atoms with E-state index < -0.39 is 0 Å². The lowest BCUT2D eigenvalue weighted by Gasteiger charge is -2.15. The van der Waals surface area contributed by atoms with Crippen LogP contribution in [-0.2, 0) is 11.3 Å². The smallest absolute Gasteiger partial charge is 0.279 e. The first-order valence-electron chi connectivity index (χ1n) is 9.22. The van der Waals surface area contributed by atoms with Gasteiger partial charge in [0.15, 0.2) is 6.54 Å². The molecule has 28 heavy (non-hydrogen) atoms. The summed E-state index contributed by atoms with van der Waals surface area (Å²) in [6.07, 6.45) is 0. The third-order valence-corrected chi connectivity index (χ3v) is 4.29. The minimum Gasteiger partial charge on any atom is -0.326 e. The molecular weight excluding hydrogens is 350 g/mol. The van der Waals surface area contributed by atoms with Gasteiger partial charge in [0, 0.05) is 11.3 Å². The molecule has 0 aliphatic carbocycles. The predicted molar refractivity (Wildman–Crippen MR) is 111 cm³/mol. The van der Waals surface area contributed by atoms with Crippen LogP contribution in [0.4, 0.5) is 11.4 Å². The summed E-state index contributed by atoms with van der Waals surface area (Å²) in [5.41, 5.74) is 2.82. The molecule has 5 nitrogen and oxygen atoms in total. The Morgan fingerprint density at radius 3 is 2.11 bits per heavy atom. The second-order valence-corrected chi connectivity index (χ2v) is 6.71. The highest BCUT2D eigenvalue weighted by Crippen LogP contribution is 2.17. The summed E-state index contributed by atoms with van der Waals surface area (Å²) in [7, 11) is 1.97. The molecule has 3 aromatic rings. The second-order valence-electron chi connectivity index (χ2n) is 6.71. The topological polar surface area (TPSA) is 62.6 Å². The molecule has 3 N–H and O–H groups in total. The molecule has 1 unspecified atom stereocenters. The van der Waals surface area contributed by atoms with Gasteiger partial charge in [-0.2, -0.15) is 0 Å². The summed E-state index contributed by atoms with van der Waals surface area (Å²) >= 11 is 0. The number of benzene rings is 3. The fraction of sp³-hybridized carbons (Fsp3) is 0.130. The van der Waals surface area contributed by atoms with Crippen LogP contribution >= 0.6 is 0 Å². The highest BCUT2D eigenvalue weighted by Gasteiger charge is 2.16. The summed E-state index contributed by atoms with van der Waals surface area (Å²) in [6.45, 7) is 1.06. The highest BCUT2D eigenvalue weighted by molar-refractivity contribution is 6.10. The van der Waals surface area contributed by atoms with E-state index in [2.05, 4.69) is 10.6 Å². The average Bonchev–Trinajstić information content (AvgIpc) is 2.69. The van der Waals surface area contributed by atoms with Gasteiger partial charge in [-0.3, -0.25) is 9.59 Å². The minimum absolute atomic E-state index is 0.131. The lowest BCUT2D eigenvalue weighted by Crippen LogP contribution is -3.08.